The zero-order valence-electron chi connectivity index (χ0n) is 13.6. The molecule has 0 saturated heterocycles. The lowest BCUT2D eigenvalue weighted by atomic mass is 10.1. The zero-order valence-corrected chi connectivity index (χ0v) is 14.4. The molecule has 0 bridgehead atoms. The number of thiophene rings is 1. The summed E-state index contributed by atoms with van der Waals surface area (Å²) in [7, 11) is 0. The molecule has 1 aromatic carbocycles. The van der Waals surface area contributed by atoms with Crippen LogP contribution in [0.3, 0.4) is 0 Å². The molecule has 1 amide bonds. The highest BCUT2D eigenvalue weighted by molar-refractivity contribution is 7.21. The molecule has 5 nitrogen and oxygen atoms in total. The molecule has 0 saturated carbocycles. The second-order valence-electron chi connectivity index (χ2n) is 5.68. The van der Waals surface area contributed by atoms with E-state index >= 15 is 0 Å². The molecule has 0 atom stereocenters. The molecule has 6 heteroatoms. The summed E-state index contributed by atoms with van der Waals surface area (Å²) in [5.41, 5.74) is 0.837. The standard InChI is InChI=1S/C19H16N2O3S/c1-2-21-15-8-4-3-7-13(15)17-14(19(21)23)10-16(25-17)18(22)20-11-12-6-5-9-24-12/h3-10H,2,11H2,1H3,(H,20,22). The van der Waals surface area contributed by atoms with Crippen LogP contribution in [0.15, 0.2) is 57.9 Å². The van der Waals surface area contributed by atoms with E-state index in [2.05, 4.69) is 5.32 Å². The Morgan fingerprint density at radius 2 is 2.04 bits per heavy atom. The molecule has 0 aliphatic heterocycles. The van der Waals surface area contributed by atoms with E-state index in [1.54, 1.807) is 29.0 Å². The van der Waals surface area contributed by atoms with Gasteiger partial charge in [-0.2, -0.15) is 0 Å². The number of nitrogens with zero attached hydrogens (tertiary/aromatic N) is 1. The number of aromatic nitrogens is 1. The largest absolute Gasteiger partial charge is 0.467 e. The van der Waals surface area contributed by atoms with Crippen molar-refractivity contribution in [3.63, 3.8) is 0 Å². The number of carbonyl (C=O) groups is 1. The van der Waals surface area contributed by atoms with Crippen LogP contribution < -0.4 is 10.9 Å². The monoisotopic (exact) mass is 352 g/mol. The van der Waals surface area contributed by atoms with Crippen LogP contribution in [0.5, 0.6) is 0 Å². The lowest BCUT2D eigenvalue weighted by molar-refractivity contribution is 0.0952. The number of nitrogens with one attached hydrogen (secondary N) is 1. The lowest BCUT2D eigenvalue weighted by Crippen LogP contribution is -2.21. The van der Waals surface area contributed by atoms with Gasteiger partial charge in [0.25, 0.3) is 11.5 Å². The number of benzene rings is 1. The van der Waals surface area contributed by atoms with Crippen LogP contribution in [0.1, 0.15) is 22.4 Å². The molecule has 25 heavy (non-hydrogen) atoms. The fourth-order valence-corrected chi connectivity index (χ4v) is 4.10. The maximum atomic E-state index is 12.8. The lowest BCUT2D eigenvalue weighted by Gasteiger charge is -2.08. The highest BCUT2D eigenvalue weighted by Crippen LogP contribution is 2.30. The third-order valence-electron chi connectivity index (χ3n) is 4.19. The van der Waals surface area contributed by atoms with Crippen LogP contribution >= 0.6 is 11.3 Å². The number of pyridine rings is 1. The fourth-order valence-electron chi connectivity index (χ4n) is 3.00. The van der Waals surface area contributed by atoms with Gasteiger partial charge in [-0.05, 0) is 31.2 Å². The number of carbonyl (C=O) groups excluding carboxylic acids is 1. The van der Waals surface area contributed by atoms with E-state index in [9.17, 15) is 9.59 Å². The number of hydrogen-bond acceptors (Lipinski definition) is 4. The van der Waals surface area contributed by atoms with Gasteiger partial charge in [0.05, 0.1) is 28.6 Å². The average Bonchev–Trinajstić information content (AvgIpc) is 3.30. The molecule has 3 heterocycles. The summed E-state index contributed by atoms with van der Waals surface area (Å²) in [5, 5.41) is 4.41. The van der Waals surface area contributed by atoms with E-state index in [-0.39, 0.29) is 11.5 Å². The number of para-hydroxylation sites is 1. The highest BCUT2D eigenvalue weighted by atomic mass is 32.1. The van der Waals surface area contributed by atoms with Gasteiger partial charge in [-0.15, -0.1) is 11.3 Å². The number of hydrogen-bond donors (Lipinski definition) is 1. The first-order valence-corrected chi connectivity index (χ1v) is 8.86. The van der Waals surface area contributed by atoms with Gasteiger partial charge in [-0.25, -0.2) is 0 Å². The SMILES string of the molecule is CCn1c(=O)c2cc(C(=O)NCc3ccco3)sc2c2ccccc21. The topological polar surface area (TPSA) is 64.2 Å². The van der Waals surface area contributed by atoms with Gasteiger partial charge >= 0.3 is 0 Å². The number of aryl methyl sites for hydroxylation is 1. The zero-order chi connectivity index (χ0) is 17.4. The van der Waals surface area contributed by atoms with Crippen molar-refractivity contribution in [2.75, 3.05) is 0 Å². The fraction of sp³-hybridized carbons (Fsp3) is 0.158. The third-order valence-corrected chi connectivity index (χ3v) is 5.36. The summed E-state index contributed by atoms with van der Waals surface area (Å²) in [4.78, 5) is 25.8. The molecule has 4 aromatic rings. The molecule has 1 N–H and O–H groups in total. The number of furan rings is 1. The summed E-state index contributed by atoms with van der Waals surface area (Å²) in [6.07, 6.45) is 1.57. The summed E-state index contributed by atoms with van der Waals surface area (Å²) in [6.45, 7) is 2.86. The Morgan fingerprint density at radius 3 is 2.80 bits per heavy atom. The Balaban J connectivity index is 1.79. The summed E-state index contributed by atoms with van der Waals surface area (Å²) in [6, 6.07) is 13.1. The first kappa shape index (κ1) is 15.7. The Bertz CT molecular complexity index is 1120. The van der Waals surface area contributed by atoms with Crippen molar-refractivity contribution in [1.82, 2.24) is 9.88 Å². The molecular weight excluding hydrogens is 336 g/mol. The Hall–Kier alpha value is -2.86. The first-order chi connectivity index (χ1) is 12.2. The molecule has 0 spiro atoms. The second kappa shape index (κ2) is 6.22. The predicted molar refractivity (Wildman–Crippen MR) is 99.1 cm³/mol. The van der Waals surface area contributed by atoms with Gasteiger partial charge in [0.2, 0.25) is 0 Å². The first-order valence-electron chi connectivity index (χ1n) is 8.04. The van der Waals surface area contributed by atoms with Crippen molar-refractivity contribution >= 4 is 38.2 Å². The minimum absolute atomic E-state index is 0.0578. The quantitative estimate of drug-likeness (QED) is 0.608. The van der Waals surface area contributed by atoms with Gasteiger partial charge < -0.3 is 14.3 Å². The van der Waals surface area contributed by atoms with Crippen LogP contribution in [-0.4, -0.2) is 10.5 Å². The molecule has 0 fully saturated rings. The smallest absolute Gasteiger partial charge is 0.261 e. The van der Waals surface area contributed by atoms with Gasteiger partial charge in [0.15, 0.2) is 0 Å². The van der Waals surface area contributed by atoms with Crippen molar-refractivity contribution in [1.29, 1.82) is 0 Å². The van der Waals surface area contributed by atoms with E-state index in [4.69, 9.17) is 4.42 Å². The molecule has 0 aliphatic rings. The molecule has 126 valence electrons. The third kappa shape index (κ3) is 2.64. The normalized spacial score (nSPS) is 11.2. The van der Waals surface area contributed by atoms with Crippen molar-refractivity contribution < 1.29 is 9.21 Å². The highest BCUT2D eigenvalue weighted by Gasteiger charge is 2.16. The van der Waals surface area contributed by atoms with Gasteiger partial charge in [-0.3, -0.25) is 9.59 Å². The number of amides is 1. The van der Waals surface area contributed by atoms with E-state index in [1.807, 2.05) is 31.2 Å². The maximum absolute atomic E-state index is 12.8. The average molecular weight is 352 g/mol. The van der Waals surface area contributed by atoms with Crippen LogP contribution in [-0.2, 0) is 13.1 Å². The van der Waals surface area contributed by atoms with E-state index in [0.29, 0.717) is 29.1 Å². The maximum Gasteiger partial charge on any atom is 0.261 e. The van der Waals surface area contributed by atoms with Gasteiger partial charge in [-0.1, -0.05) is 18.2 Å². The number of fused-ring (bicyclic) bond motifs is 3. The van der Waals surface area contributed by atoms with Crippen LogP contribution in [0.4, 0.5) is 0 Å². The Kier molecular flexibility index (Phi) is 3.89. The minimum atomic E-state index is -0.205. The van der Waals surface area contributed by atoms with Gasteiger partial charge in [0.1, 0.15) is 5.76 Å². The van der Waals surface area contributed by atoms with Gasteiger partial charge in [0, 0.05) is 16.6 Å². The van der Waals surface area contributed by atoms with Crippen molar-refractivity contribution in [3.8, 4) is 0 Å². The van der Waals surface area contributed by atoms with E-state index in [1.165, 1.54) is 11.3 Å². The van der Waals surface area contributed by atoms with Crippen LogP contribution in [0.2, 0.25) is 0 Å². The van der Waals surface area contributed by atoms with E-state index in [0.717, 1.165) is 15.6 Å². The Morgan fingerprint density at radius 1 is 1.20 bits per heavy atom. The number of rotatable bonds is 4. The molecule has 0 aliphatic carbocycles. The Labute approximate surface area is 147 Å². The minimum Gasteiger partial charge on any atom is -0.467 e. The van der Waals surface area contributed by atoms with Crippen molar-refractivity contribution in [2.45, 2.75) is 20.0 Å². The van der Waals surface area contributed by atoms with Crippen molar-refractivity contribution in [3.05, 3.63) is 69.7 Å². The second-order valence-corrected chi connectivity index (χ2v) is 6.73. The summed E-state index contributed by atoms with van der Waals surface area (Å²) < 4.78 is 7.82. The molecule has 0 radical (unpaired) electrons. The molecule has 4 rings (SSSR count). The summed E-state index contributed by atoms with van der Waals surface area (Å²) in [5.74, 6) is 0.484. The van der Waals surface area contributed by atoms with Crippen LogP contribution in [0, 0.1) is 0 Å². The van der Waals surface area contributed by atoms with Crippen LogP contribution in [0.25, 0.3) is 21.0 Å². The van der Waals surface area contributed by atoms with Crippen molar-refractivity contribution in [2.24, 2.45) is 0 Å². The summed E-state index contributed by atoms with van der Waals surface area (Å²) >= 11 is 1.35. The van der Waals surface area contributed by atoms with E-state index < -0.39 is 0 Å². The molecule has 3 aromatic heterocycles. The molecule has 0 unspecified atom stereocenters. The predicted octanol–water partition coefficient (Wildman–Crippen LogP) is 3.76. The molecular formula is C19H16N2O3S.